The second-order valence-electron chi connectivity index (χ2n) is 7.59. The number of likely N-dealkylation sites (N-methyl/N-ethyl adjacent to an activating group) is 1. The van der Waals surface area contributed by atoms with E-state index in [0.717, 1.165) is 32.0 Å². The van der Waals surface area contributed by atoms with E-state index in [1.165, 1.54) is 18.2 Å². The minimum atomic E-state index is -4.46. The van der Waals surface area contributed by atoms with Crippen LogP contribution in [0.3, 0.4) is 0 Å². The van der Waals surface area contributed by atoms with Crippen LogP contribution < -0.4 is 15.4 Å². The number of nitrogens with zero attached hydrogens (tertiary/aromatic N) is 3. The number of para-hydroxylation sites is 1. The maximum atomic E-state index is 13.0. The van der Waals surface area contributed by atoms with Crippen molar-refractivity contribution in [3.8, 4) is 5.75 Å². The Balaban J connectivity index is 1.82. The number of ether oxygens (including phenoxy) is 1. The fourth-order valence-electron chi connectivity index (χ4n) is 3.22. The summed E-state index contributed by atoms with van der Waals surface area (Å²) in [6.45, 7) is 4.92. The highest BCUT2D eigenvalue weighted by molar-refractivity contribution is 5.80. The van der Waals surface area contributed by atoms with Crippen molar-refractivity contribution >= 4 is 11.9 Å². The number of amides is 1. The Labute approximate surface area is 181 Å². The lowest BCUT2D eigenvalue weighted by atomic mass is 10.1. The maximum absolute atomic E-state index is 13.0. The zero-order valence-electron chi connectivity index (χ0n) is 18.3. The summed E-state index contributed by atoms with van der Waals surface area (Å²) < 4.78 is 44.4. The van der Waals surface area contributed by atoms with Crippen LogP contribution in [0.25, 0.3) is 0 Å². The van der Waals surface area contributed by atoms with Gasteiger partial charge in [0.2, 0.25) is 5.91 Å². The predicted octanol–water partition coefficient (Wildman–Crippen LogP) is 2.19. The number of likely N-dealkylation sites (tertiary alicyclic amines) is 1. The Bertz CT molecular complexity index is 732. The molecule has 0 spiro atoms. The van der Waals surface area contributed by atoms with Gasteiger partial charge in [-0.25, -0.2) is 4.99 Å². The molecule has 31 heavy (non-hydrogen) atoms. The van der Waals surface area contributed by atoms with Crippen LogP contribution in [0.1, 0.15) is 25.3 Å². The van der Waals surface area contributed by atoms with Gasteiger partial charge < -0.3 is 20.3 Å². The van der Waals surface area contributed by atoms with Crippen molar-refractivity contribution in [2.45, 2.75) is 32.0 Å². The number of carbonyl (C=O) groups is 1. The molecule has 1 fully saturated rings. The molecule has 174 valence electrons. The predicted molar refractivity (Wildman–Crippen MR) is 114 cm³/mol. The minimum absolute atomic E-state index is 0.0365. The third-order valence-corrected chi connectivity index (χ3v) is 4.94. The normalized spacial score (nSPS) is 16.1. The van der Waals surface area contributed by atoms with Gasteiger partial charge in [0.1, 0.15) is 12.4 Å². The first kappa shape index (κ1) is 24.8. The lowest BCUT2D eigenvalue weighted by molar-refractivity contribution is -0.139. The molecule has 7 nitrogen and oxygen atoms in total. The van der Waals surface area contributed by atoms with Gasteiger partial charge in [0, 0.05) is 39.8 Å². The summed E-state index contributed by atoms with van der Waals surface area (Å²) in [6.07, 6.45) is -2.70. The van der Waals surface area contributed by atoms with Gasteiger partial charge >= 0.3 is 6.18 Å². The smallest absolute Gasteiger partial charge is 0.419 e. The third-order valence-electron chi connectivity index (χ3n) is 4.94. The van der Waals surface area contributed by atoms with Crippen LogP contribution in [0.4, 0.5) is 13.2 Å². The Kier molecular flexibility index (Phi) is 9.42. The molecule has 1 aliphatic heterocycles. The Morgan fingerprint density at radius 3 is 2.55 bits per heavy atom. The van der Waals surface area contributed by atoms with Crippen molar-refractivity contribution in [2.24, 2.45) is 4.99 Å². The van der Waals surface area contributed by atoms with Crippen LogP contribution >= 0.6 is 0 Å². The molecule has 1 aliphatic rings. The van der Waals surface area contributed by atoms with E-state index in [1.54, 1.807) is 19.0 Å². The van der Waals surface area contributed by atoms with Crippen molar-refractivity contribution < 1.29 is 22.7 Å². The van der Waals surface area contributed by atoms with Gasteiger partial charge in [-0.1, -0.05) is 12.1 Å². The molecule has 1 aromatic carbocycles. The van der Waals surface area contributed by atoms with E-state index >= 15 is 0 Å². The van der Waals surface area contributed by atoms with E-state index in [2.05, 4.69) is 20.5 Å². The molecule has 0 aliphatic carbocycles. The molecular weight excluding hydrogens is 411 g/mol. The van der Waals surface area contributed by atoms with Crippen molar-refractivity contribution in [1.82, 2.24) is 20.4 Å². The van der Waals surface area contributed by atoms with E-state index < -0.39 is 11.7 Å². The molecule has 1 aromatic rings. The van der Waals surface area contributed by atoms with Crippen LogP contribution in [0.5, 0.6) is 5.75 Å². The van der Waals surface area contributed by atoms with Gasteiger partial charge in [0.05, 0.1) is 18.7 Å². The van der Waals surface area contributed by atoms with Crippen LogP contribution in [0.2, 0.25) is 0 Å². The number of halogens is 3. The SMILES string of the molecule is CCNC(=NCCOc1ccccc1C(F)(F)F)NC1CCN(CC(=O)N(C)C)CC1. The first-order chi connectivity index (χ1) is 14.7. The highest BCUT2D eigenvalue weighted by atomic mass is 19.4. The van der Waals surface area contributed by atoms with E-state index in [1.807, 2.05) is 6.92 Å². The van der Waals surface area contributed by atoms with Gasteiger partial charge in [-0.05, 0) is 31.9 Å². The molecule has 0 saturated carbocycles. The summed E-state index contributed by atoms with van der Waals surface area (Å²) in [4.78, 5) is 20.0. The van der Waals surface area contributed by atoms with Gasteiger partial charge in [-0.3, -0.25) is 9.69 Å². The van der Waals surface area contributed by atoms with Crippen molar-refractivity contribution in [3.05, 3.63) is 29.8 Å². The number of aliphatic imine (C=N–C) groups is 1. The molecule has 2 rings (SSSR count). The molecule has 10 heteroatoms. The molecule has 1 heterocycles. The molecule has 0 radical (unpaired) electrons. The number of rotatable bonds is 8. The summed E-state index contributed by atoms with van der Waals surface area (Å²) >= 11 is 0. The van der Waals surface area contributed by atoms with E-state index in [0.29, 0.717) is 19.0 Å². The summed E-state index contributed by atoms with van der Waals surface area (Å²) in [7, 11) is 3.50. The number of guanidine groups is 1. The van der Waals surface area contributed by atoms with Crippen molar-refractivity contribution in [3.63, 3.8) is 0 Å². The van der Waals surface area contributed by atoms with E-state index in [-0.39, 0.29) is 30.9 Å². The molecule has 0 bridgehead atoms. The highest BCUT2D eigenvalue weighted by Gasteiger charge is 2.34. The van der Waals surface area contributed by atoms with E-state index in [4.69, 9.17) is 4.74 Å². The van der Waals surface area contributed by atoms with Crippen molar-refractivity contribution in [1.29, 1.82) is 0 Å². The number of hydrogen-bond donors (Lipinski definition) is 2. The number of carbonyl (C=O) groups excluding carboxylic acids is 1. The number of benzene rings is 1. The third kappa shape index (κ3) is 8.28. The number of nitrogens with one attached hydrogen (secondary N) is 2. The van der Waals surface area contributed by atoms with Gasteiger partial charge in [-0.15, -0.1) is 0 Å². The maximum Gasteiger partial charge on any atom is 0.419 e. The molecule has 2 N–H and O–H groups in total. The summed E-state index contributed by atoms with van der Waals surface area (Å²) in [6, 6.07) is 5.38. The van der Waals surface area contributed by atoms with Crippen LogP contribution in [-0.4, -0.2) is 81.1 Å². The number of hydrogen-bond acceptors (Lipinski definition) is 4. The van der Waals surface area contributed by atoms with Crippen molar-refractivity contribution in [2.75, 3.05) is 53.4 Å². The number of piperidine rings is 1. The molecule has 0 unspecified atom stereocenters. The standard InChI is InChI=1S/C21H32F3N5O2/c1-4-25-20(27-16-9-12-29(13-10-16)15-19(30)28(2)3)26-11-14-31-18-8-6-5-7-17(18)21(22,23)24/h5-8,16H,4,9-15H2,1-3H3,(H2,25,26,27). The largest absolute Gasteiger partial charge is 0.491 e. The van der Waals surface area contributed by atoms with Crippen LogP contribution in [-0.2, 0) is 11.0 Å². The Morgan fingerprint density at radius 1 is 1.26 bits per heavy atom. The summed E-state index contributed by atoms with van der Waals surface area (Å²) in [5, 5.41) is 6.52. The topological polar surface area (TPSA) is 69.2 Å². The monoisotopic (exact) mass is 443 g/mol. The summed E-state index contributed by atoms with van der Waals surface area (Å²) in [5.41, 5.74) is -0.788. The zero-order chi connectivity index (χ0) is 22.9. The molecule has 0 aromatic heterocycles. The second kappa shape index (κ2) is 11.8. The lowest BCUT2D eigenvalue weighted by Gasteiger charge is -2.33. The molecule has 1 saturated heterocycles. The van der Waals surface area contributed by atoms with Crippen LogP contribution in [0, 0.1) is 0 Å². The molecule has 1 amide bonds. The fourth-order valence-corrected chi connectivity index (χ4v) is 3.22. The van der Waals surface area contributed by atoms with E-state index in [9.17, 15) is 18.0 Å². The first-order valence-electron chi connectivity index (χ1n) is 10.5. The minimum Gasteiger partial charge on any atom is -0.491 e. The highest BCUT2D eigenvalue weighted by Crippen LogP contribution is 2.35. The van der Waals surface area contributed by atoms with Crippen LogP contribution in [0.15, 0.2) is 29.3 Å². The summed E-state index contributed by atoms with van der Waals surface area (Å²) in [5.74, 6) is 0.509. The second-order valence-corrected chi connectivity index (χ2v) is 7.59. The molecule has 0 atom stereocenters. The average molecular weight is 444 g/mol. The molecular formula is C21H32F3N5O2. The zero-order valence-corrected chi connectivity index (χ0v) is 18.3. The van der Waals surface area contributed by atoms with Gasteiger partial charge in [0.25, 0.3) is 0 Å². The Hall–Kier alpha value is -2.49. The number of alkyl halides is 3. The quantitative estimate of drug-likeness (QED) is 0.366. The first-order valence-corrected chi connectivity index (χ1v) is 10.5. The lowest BCUT2D eigenvalue weighted by Crippen LogP contribution is -2.50. The van der Waals surface area contributed by atoms with Gasteiger partial charge in [-0.2, -0.15) is 13.2 Å². The van der Waals surface area contributed by atoms with Gasteiger partial charge in [0.15, 0.2) is 5.96 Å². The average Bonchev–Trinajstić information content (AvgIpc) is 2.72. The fraction of sp³-hybridized carbons (Fsp3) is 0.619. The Morgan fingerprint density at radius 2 is 1.94 bits per heavy atom.